The molecule has 2 aromatic carbocycles. The summed E-state index contributed by atoms with van der Waals surface area (Å²) in [5, 5.41) is 7.09. The fourth-order valence-electron chi connectivity index (χ4n) is 4.03. The van der Waals surface area contributed by atoms with Crippen molar-refractivity contribution in [2.45, 2.75) is 45.3 Å². The third-order valence-electron chi connectivity index (χ3n) is 5.72. The molecule has 3 aromatic rings. The largest absolute Gasteiger partial charge is 0.493 e. The van der Waals surface area contributed by atoms with Gasteiger partial charge in [0.1, 0.15) is 23.6 Å². The number of aromatic nitrogens is 2. The van der Waals surface area contributed by atoms with Crippen molar-refractivity contribution < 1.29 is 22.6 Å². The Bertz CT molecular complexity index is 1160. The van der Waals surface area contributed by atoms with Gasteiger partial charge in [0.2, 0.25) is 0 Å². The summed E-state index contributed by atoms with van der Waals surface area (Å²) in [4.78, 5) is 8.98. The Morgan fingerprint density at radius 2 is 2.00 bits per heavy atom. The van der Waals surface area contributed by atoms with Gasteiger partial charge in [-0.1, -0.05) is 18.2 Å². The Kier molecular flexibility index (Phi) is 6.34. The molecule has 176 valence electrons. The number of rotatable bonds is 7. The molecule has 1 saturated heterocycles. The van der Waals surface area contributed by atoms with Crippen LogP contribution in [0.25, 0.3) is 10.9 Å². The van der Waals surface area contributed by atoms with E-state index in [9.17, 15) is 13.2 Å². The quantitative estimate of drug-likeness (QED) is 0.511. The Morgan fingerprint density at radius 3 is 2.67 bits per heavy atom. The van der Waals surface area contributed by atoms with Crippen molar-refractivity contribution in [3.63, 3.8) is 0 Å². The maximum absolute atomic E-state index is 14.9. The predicted molar refractivity (Wildman–Crippen MR) is 121 cm³/mol. The first kappa shape index (κ1) is 23.1. The number of benzene rings is 2. The lowest BCUT2D eigenvalue weighted by Gasteiger charge is -2.21. The van der Waals surface area contributed by atoms with Gasteiger partial charge in [-0.05, 0) is 32.9 Å². The number of hydrogen-bond acceptors (Lipinski definition) is 6. The number of fused-ring (bicyclic) bond motifs is 1. The zero-order valence-electron chi connectivity index (χ0n) is 19.0. The van der Waals surface area contributed by atoms with Crippen molar-refractivity contribution in [1.82, 2.24) is 15.3 Å². The second kappa shape index (κ2) is 9.05. The molecule has 33 heavy (non-hydrogen) atoms. The van der Waals surface area contributed by atoms with E-state index in [1.807, 2.05) is 0 Å². The molecule has 0 bridgehead atoms. The highest BCUT2D eigenvalue weighted by Gasteiger charge is 2.30. The van der Waals surface area contributed by atoms with Crippen molar-refractivity contribution in [2.24, 2.45) is 0 Å². The number of nitrogens with one attached hydrogen (secondary N) is 2. The summed E-state index contributed by atoms with van der Waals surface area (Å²) in [5.74, 6) is -2.15. The molecule has 1 unspecified atom stereocenters. The molecule has 0 saturated carbocycles. The van der Waals surface area contributed by atoms with Crippen LogP contribution in [0.1, 0.15) is 43.3 Å². The molecule has 2 atom stereocenters. The molecule has 1 aliphatic heterocycles. The molecule has 0 aliphatic carbocycles. The number of halogens is 3. The minimum Gasteiger partial charge on any atom is -0.493 e. The maximum atomic E-state index is 14.9. The molecule has 9 heteroatoms. The topological polar surface area (TPSA) is 68.3 Å². The minimum atomic E-state index is -3.28. The average Bonchev–Trinajstić information content (AvgIpc) is 3.26. The van der Waals surface area contributed by atoms with E-state index in [2.05, 4.69) is 20.6 Å². The maximum Gasteiger partial charge on any atom is 0.273 e. The molecule has 0 radical (unpaired) electrons. The zero-order valence-corrected chi connectivity index (χ0v) is 19.0. The predicted octanol–water partition coefficient (Wildman–Crippen LogP) is 5.11. The molecule has 2 N–H and O–H groups in total. The monoisotopic (exact) mass is 460 g/mol. The van der Waals surface area contributed by atoms with Gasteiger partial charge in [0.25, 0.3) is 5.92 Å². The van der Waals surface area contributed by atoms with E-state index < -0.39 is 23.3 Å². The van der Waals surface area contributed by atoms with E-state index in [1.54, 1.807) is 33.1 Å². The standard InChI is InChI=1S/C24H27F3N4O2/c1-13(16-6-5-7-18(22(16)25)24(3,26)27)29-23-17-10-21(33-15-8-9-28-12-15)20(32-4)11-19(17)30-14(2)31-23/h5-7,10-11,13,15,28H,8-9,12H2,1-4H3,(H,29,30,31)/t13-,15?/m1/s1. The highest BCUT2D eigenvalue weighted by atomic mass is 19.3. The molecule has 4 rings (SSSR count). The van der Waals surface area contributed by atoms with Gasteiger partial charge in [0, 0.05) is 30.5 Å². The number of nitrogens with zero attached hydrogens (tertiary/aromatic N) is 2. The molecule has 1 aromatic heterocycles. The van der Waals surface area contributed by atoms with Gasteiger partial charge in [-0.2, -0.15) is 0 Å². The van der Waals surface area contributed by atoms with E-state index in [1.165, 1.54) is 12.1 Å². The van der Waals surface area contributed by atoms with Crippen LogP contribution < -0.4 is 20.1 Å². The number of aryl methyl sites for hydroxylation is 1. The van der Waals surface area contributed by atoms with Gasteiger partial charge in [-0.3, -0.25) is 0 Å². The molecular weight excluding hydrogens is 433 g/mol. The summed E-state index contributed by atoms with van der Waals surface area (Å²) >= 11 is 0. The van der Waals surface area contributed by atoms with Crippen LogP contribution in [0, 0.1) is 12.7 Å². The van der Waals surface area contributed by atoms with Gasteiger partial charge in [0.15, 0.2) is 11.5 Å². The SMILES string of the molecule is COc1cc2nc(C)nc(N[C@H](C)c3cccc(C(C)(F)F)c3F)c2cc1OC1CCNC1. The van der Waals surface area contributed by atoms with Crippen molar-refractivity contribution in [1.29, 1.82) is 0 Å². The molecule has 0 amide bonds. The van der Waals surface area contributed by atoms with Gasteiger partial charge in [-0.25, -0.2) is 23.1 Å². The number of ether oxygens (including phenoxy) is 2. The highest BCUT2D eigenvalue weighted by Crippen LogP contribution is 2.37. The van der Waals surface area contributed by atoms with Crippen LogP contribution in [-0.4, -0.2) is 36.3 Å². The summed E-state index contributed by atoms with van der Waals surface area (Å²) in [5.41, 5.74) is 0.115. The van der Waals surface area contributed by atoms with Crippen LogP contribution in [0.2, 0.25) is 0 Å². The van der Waals surface area contributed by atoms with Crippen LogP contribution in [0.4, 0.5) is 19.0 Å². The van der Waals surface area contributed by atoms with Crippen LogP contribution in [0.3, 0.4) is 0 Å². The lowest BCUT2D eigenvalue weighted by Crippen LogP contribution is -2.20. The third-order valence-corrected chi connectivity index (χ3v) is 5.72. The Labute approximate surface area is 190 Å². The number of methoxy groups -OCH3 is 1. The van der Waals surface area contributed by atoms with Gasteiger partial charge >= 0.3 is 0 Å². The lowest BCUT2D eigenvalue weighted by atomic mass is 10.0. The molecular formula is C24H27F3N4O2. The third kappa shape index (κ3) is 4.83. The number of hydrogen-bond donors (Lipinski definition) is 2. The smallest absolute Gasteiger partial charge is 0.273 e. The van der Waals surface area contributed by atoms with Crippen LogP contribution in [0.5, 0.6) is 11.5 Å². The Balaban J connectivity index is 1.73. The van der Waals surface area contributed by atoms with E-state index in [4.69, 9.17) is 9.47 Å². The molecule has 0 spiro atoms. The fourth-order valence-corrected chi connectivity index (χ4v) is 4.03. The van der Waals surface area contributed by atoms with E-state index in [0.29, 0.717) is 41.0 Å². The second-order valence-electron chi connectivity index (χ2n) is 8.34. The summed E-state index contributed by atoms with van der Waals surface area (Å²) in [6, 6.07) is 6.96. The summed E-state index contributed by atoms with van der Waals surface area (Å²) in [6.07, 6.45) is 0.899. The number of alkyl halides is 2. The van der Waals surface area contributed by atoms with Gasteiger partial charge in [0.05, 0.1) is 24.2 Å². The first-order chi connectivity index (χ1) is 15.7. The van der Waals surface area contributed by atoms with Crippen molar-refractivity contribution >= 4 is 16.7 Å². The molecule has 6 nitrogen and oxygen atoms in total. The van der Waals surface area contributed by atoms with Crippen LogP contribution in [0.15, 0.2) is 30.3 Å². The van der Waals surface area contributed by atoms with Crippen molar-refractivity contribution in [3.8, 4) is 11.5 Å². The van der Waals surface area contributed by atoms with Gasteiger partial charge in [-0.15, -0.1) is 0 Å². The van der Waals surface area contributed by atoms with E-state index in [0.717, 1.165) is 25.6 Å². The molecule has 2 heterocycles. The first-order valence-corrected chi connectivity index (χ1v) is 10.8. The normalized spacial score (nSPS) is 17.2. The molecule has 1 fully saturated rings. The van der Waals surface area contributed by atoms with E-state index >= 15 is 0 Å². The summed E-state index contributed by atoms with van der Waals surface area (Å²) in [7, 11) is 1.56. The summed E-state index contributed by atoms with van der Waals surface area (Å²) in [6.45, 7) is 5.75. The van der Waals surface area contributed by atoms with Crippen LogP contribution in [-0.2, 0) is 5.92 Å². The first-order valence-electron chi connectivity index (χ1n) is 10.8. The summed E-state index contributed by atoms with van der Waals surface area (Å²) < 4.78 is 54.2. The Morgan fingerprint density at radius 1 is 1.21 bits per heavy atom. The van der Waals surface area contributed by atoms with E-state index in [-0.39, 0.29) is 11.7 Å². The van der Waals surface area contributed by atoms with Crippen LogP contribution >= 0.6 is 0 Å². The average molecular weight is 461 g/mol. The second-order valence-corrected chi connectivity index (χ2v) is 8.34. The minimum absolute atomic E-state index is 0.0191. The molecule has 1 aliphatic rings. The fraction of sp³-hybridized carbons (Fsp3) is 0.417. The number of anilines is 1. The zero-order chi connectivity index (χ0) is 23.8. The highest BCUT2D eigenvalue weighted by molar-refractivity contribution is 5.92. The van der Waals surface area contributed by atoms with Crippen molar-refractivity contribution in [3.05, 3.63) is 53.1 Å². The van der Waals surface area contributed by atoms with Crippen molar-refractivity contribution in [2.75, 3.05) is 25.5 Å². The lowest BCUT2D eigenvalue weighted by molar-refractivity contribution is 0.0136. The van der Waals surface area contributed by atoms with Gasteiger partial charge < -0.3 is 20.1 Å². The Hall–Kier alpha value is -3.07.